The SMILES string of the molecule is [2H]c1c([2H])c([2H])c(-n2c3c([2H])c([2H])c([2H])c([2H])c3c3c([2H])c([2H])c([2H])c([2H])c32)c(-c2nc(-n3c4c([2H])c([2H])c([2H])c([2H])c4c4c([2H])c([2H])c([2H])c([2H])c43)c3sc4c([2H])c([2H])c([2H])c([2H])c4c3n2)c1[2H]. The Hall–Kier alpha value is -5.78. The molecule has 0 saturated heterocycles. The van der Waals surface area contributed by atoms with Gasteiger partial charge in [-0.25, -0.2) is 9.97 Å². The van der Waals surface area contributed by atoms with Crippen LogP contribution in [0.25, 0.3) is 86.8 Å². The van der Waals surface area contributed by atoms with Crippen LogP contribution in [0.5, 0.6) is 0 Å². The Bertz CT molecular complexity index is 3980. The minimum absolute atomic E-state index is 0.141. The van der Waals surface area contributed by atoms with E-state index in [-0.39, 0.29) is 20.3 Å². The molecule has 210 valence electrons. The van der Waals surface area contributed by atoms with Crippen molar-refractivity contribution >= 4 is 75.3 Å². The first kappa shape index (κ1) is 11.0. The van der Waals surface area contributed by atoms with Gasteiger partial charge in [0, 0.05) is 37.2 Å². The zero-order valence-electron chi connectivity index (χ0n) is 46.2. The zero-order chi connectivity index (χ0) is 50.4. The molecule has 0 atom stereocenters. The Labute approximate surface area is 295 Å². The molecule has 0 amide bonds. The van der Waals surface area contributed by atoms with Gasteiger partial charge in [0.15, 0.2) is 11.6 Å². The molecule has 4 nitrogen and oxygen atoms in total. The van der Waals surface area contributed by atoms with E-state index in [0.29, 0.717) is 11.3 Å². The van der Waals surface area contributed by atoms with Crippen LogP contribution in [-0.4, -0.2) is 19.1 Å². The lowest BCUT2D eigenvalue weighted by atomic mass is 10.1. The van der Waals surface area contributed by atoms with E-state index in [1.807, 2.05) is 0 Å². The Morgan fingerprint density at radius 3 is 1.53 bits per heavy atom. The molecule has 5 heteroatoms. The number of thiophene rings is 1. The fourth-order valence-electron chi connectivity index (χ4n) is 5.52. The summed E-state index contributed by atoms with van der Waals surface area (Å²) in [5.41, 5.74) is -3.82. The maximum Gasteiger partial charge on any atom is 0.164 e. The molecule has 0 spiro atoms. The number of benzene rings is 6. The van der Waals surface area contributed by atoms with E-state index in [1.165, 1.54) is 0 Å². The second-order valence-corrected chi connectivity index (χ2v) is 10.7. The van der Waals surface area contributed by atoms with Crippen LogP contribution < -0.4 is 0 Å². The van der Waals surface area contributed by atoms with Crippen molar-refractivity contribution in [1.29, 1.82) is 0 Å². The van der Waals surface area contributed by atoms with E-state index in [4.69, 9.17) is 37.4 Å². The quantitative estimate of drug-likeness (QED) is 0.198. The van der Waals surface area contributed by atoms with E-state index in [0.717, 1.165) is 9.13 Å². The molecular formula is C40H24N4S. The van der Waals surface area contributed by atoms with Crippen LogP contribution in [0.1, 0.15) is 32.9 Å². The van der Waals surface area contributed by atoms with Gasteiger partial charge in [0.1, 0.15) is 0 Å². The van der Waals surface area contributed by atoms with Gasteiger partial charge in [-0.2, -0.15) is 0 Å². The fourth-order valence-corrected chi connectivity index (χ4v) is 6.55. The largest absolute Gasteiger partial charge is 0.309 e. The molecule has 0 aliphatic heterocycles. The lowest BCUT2D eigenvalue weighted by Gasteiger charge is -2.15. The number of fused-ring (bicyclic) bond motifs is 9. The number of hydrogen-bond acceptors (Lipinski definition) is 3. The molecular weight excluding hydrogens is 569 g/mol. The van der Waals surface area contributed by atoms with Crippen molar-refractivity contribution in [2.24, 2.45) is 0 Å². The highest BCUT2D eigenvalue weighted by atomic mass is 32.1. The first-order chi connectivity index (χ1) is 32.3. The van der Waals surface area contributed by atoms with Gasteiger partial charge in [-0.15, -0.1) is 11.3 Å². The third-order valence-corrected chi connectivity index (χ3v) is 8.42. The Morgan fingerprint density at radius 1 is 0.467 bits per heavy atom. The molecule has 0 saturated carbocycles. The first-order valence-electron chi connectivity index (χ1n) is 25.1. The van der Waals surface area contributed by atoms with Crippen molar-refractivity contribution < 1.29 is 32.9 Å². The van der Waals surface area contributed by atoms with Gasteiger partial charge in [-0.3, -0.25) is 4.57 Å². The maximum atomic E-state index is 9.47. The molecule has 6 aromatic carbocycles. The summed E-state index contributed by atoms with van der Waals surface area (Å²) < 4.78 is 214. The van der Waals surface area contributed by atoms with Gasteiger partial charge in [0.2, 0.25) is 0 Å². The Morgan fingerprint density at radius 2 is 0.933 bits per heavy atom. The van der Waals surface area contributed by atoms with E-state index in [2.05, 4.69) is 0 Å². The molecule has 4 aromatic heterocycles. The third-order valence-electron chi connectivity index (χ3n) is 7.33. The first-order valence-corrected chi connectivity index (χ1v) is 14.0. The van der Waals surface area contributed by atoms with E-state index in [1.54, 1.807) is 0 Å². The van der Waals surface area contributed by atoms with E-state index in [9.17, 15) is 5.48 Å². The van der Waals surface area contributed by atoms with Gasteiger partial charge in [-0.05, 0) is 42.3 Å². The number of para-hydroxylation sites is 5. The van der Waals surface area contributed by atoms with Crippen LogP contribution in [0.15, 0.2) is 145 Å². The minimum atomic E-state index is -0.952. The monoisotopic (exact) mass is 616 g/mol. The highest BCUT2D eigenvalue weighted by Crippen LogP contribution is 2.41. The molecule has 0 radical (unpaired) electrons. The lowest BCUT2D eigenvalue weighted by Crippen LogP contribution is -2.04. The standard InChI is InChI=1S/C40H24N4S/c1-7-19-31-25(13-1)26-14-2-8-20-32(26)43(31)35-23-11-5-17-29(35)39-41-37-30-18-6-12-24-36(30)45-38(37)40(42-39)44-33-21-9-3-15-27(33)28-16-4-10-22-34(28)44/h1-24H/i1D,2D,3D,4D,5D,6D,7D,8D,9D,10D,11D,12D,13D,14D,15D,16D,17D,18D,19D,20D,21D,22D,23D,24D. The van der Waals surface area contributed by atoms with E-state index >= 15 is 0 Å². The van der Waals surface area contributed by atoms with Crippen molar-refractivity contribution in [2.45, 2.75) is 0 Å². The molecule has 0 aliphatic carbocycles. The summed E-state index contributed by atoms with van der Waals surface area (Å²) in [6.07, 6.45) is 0. The lowest BCUT2D eigenvalue weighted by molar-refractivity contribution is 1.07. The Kier molecular flexibility index (Phi) is 2.28. The van der Waals surface area contributed by atoms with Crippen molar-refractivity contribution in [1.82, 2.24) is 19.1 Å². The summed E-state index contributed by atoms with van der Waals surface area (Å²) >= 11 is 0.672. The summed E-state index contributed by atoms with van der Waals surface area (Å²) in [5, 5.41) is -1.95. The van der Waals surface area contributed by atoms with Gasteiger partial charge in [0.05, 0.1) is 70.9 Å². The molecule has 4 heterocycles. The van der Waals surface area contributed by atoms with Crippen LogP contribution in [0.2, 0.25) is 0 Å². The minimum Gasteiger partial charge on any atom is -0.309 e. The van der Waals surface area contributed by atoms with Gasteiger partial charge in [-0.1, -0.05) is 103 Å². The van der Waals surface area contributed by atoms with Crippen LogP contribution >= 0.6 is 11.3 Å². The molecule has 0 aliphatic rings. The average Bonchev–Trinajstić information content (AvgIpc) is 4.01. The second kappa shape index (κ2) is 9.36. The Balaban J connectivity index is 1.53. The molecule has 0 bridgehead atoms. The van der Waals surface area contributed by atoms with Crippen molar-refractivity contribution in [2.75, 3.05) is 0 Å². The molecule has 0 N–H and O–H groups in total. The summed E-state index contributed by atoms with van der Waals surface area (Å²) in [4.78, 5) is 9.48. The van der Waals surface area contributed by atoms with Crippen molar-refractivity contribution in [3.63, 3.8) is 0 Å². The smallest absolute Gasteiger partial charge is 0.164 e. The number of rotatable bonds is 3. The van der Waals surface area contributed by atoms with Crippen molar-refractivity contribution in [3.05, 3.63) is 145 Å². The maximum absolute atomic E-state index is 9.47. The second-order valence-electron chi connectivity index (χ2n) is 9.64. The fraction of sp³-hybridized carbons (Fsp3) is 0. The van der Waals surface area contributed by atoms with Crippen molar-refractivity contribution in [3.8, 4) is 22.9 Å². The molecule has 0 unspecified atom stereocenters. The number of hydrogen-bond donors (Lipinski definition) is 0. The zero-order valence-corrected chi connectivity index (χ0v) is 23.0. The summed E-state index contributed by atoms with van der Waals surface area (Å²) in [6, 6.07) is -19.0. The summed E-state index contributed by atoms with van der Waals surface area (Å²) in [7, 11) is 0. The summed E-state index contributed by atoms with van der Waals surface area (Å²) in [5.74, 6) is -1.26. The van der Waals surface area contributed by atoms with Gasteiger partial charge >= 0.3 is 0 Å². The van der Waals surface area contributed by atoms with E-state index < -0.39 is 212 Å². The number of nitrogens with zero attached hydrogens (tertiary/aromatic N) is 4. The molecule has 0 fully saturated rings. The van der Waals surface area contributed by atoms with Crippen LogP contribution in [0.3, 0.4) is 0 Å². The summed E-state index contributed by atoms with van der Waals surface area (Å²) in [6.45, 7) is 0. The van der Waals surface area contributed by atoms with Gasteiger partial charge < -0.3 is 4.57 Å². The predicted molar refractivity (Wildman–Crippen MR) is 189 cm³/mol. The molecule has 10 aromatic rings. The molecule has 10 rings (SSSR count). The normalized spacial score (nSPS) is 19.5. The third kappa shape index (κ3) is 3.47. The van der Waals surface area contributed by atoms with Crippen LogP contribution in [-0.2, 0) is 0 Å². The van der Waals surface area contributed by atoms with Crippen LogP contribution in [0, 0.1) is 0 Å². The predicted octanol–water partition coefficient (Wildman–Crippen LogP) is 10.7. The highest BCUT2D eigenvalue weighted by Gasteiger charge is 2.22. The van der Waals surface area contributed by atoms with Gasteiger partial charge in [0.25, 0.3) is 0 Å². The molecule has 45 heavy (non-hydrogen) atoms. The average molecular weight is 617 g/mol. The number of aromatic nitrogens is 4. The topological polar surface area (TPSA) is 35.6 Å². The highest BCUT2D eigenvalue weighted by molar-refractivity contribution is 7.26. The van der Waals surface area contributed by atoms with Crippen LogP contribution in [0.4, 0.5) is 0 Å².